The Hall–Kier alpha value is -1.10. The molecule has 4 heteroatoms. The fraction of sp³-hybridized carbons (Fsp3) is 0.625. The van der Waals surface area contributed by atoms with Crippen LogP contribution in [0.15, 0.2) is 24.3 Å². The molecule has 2 N–H and O–H groups in total. The lowest BCUT2D eigenvalue weighted by Gasteiger charge is -2.20. The predicted molar refractivity (Wildman–Crippen MR) is 83.1 cm³/mol. The van der Waals surface area contributed by atoms with Gasteiger partial charge in [0.15, 0.2) is 0 Å². The van der Waals surface area contributed by atoms with Crippen LogP contribution in [0.25, 0.3) is 0 Å². The number of nitrogens with two attached hydrogens (primary N) is 1. The van der Waals surface area contributed by atoms with Gasteiger partial charge in [0.1, 0.15) is 5.75 Å². The molecular formula is C16H28N2O2. The average molecular weight is 280 g/mol. The predicted octanol–water partition coefficient (Wildman–Crippen LogP) is 2.27. The molecule has 0 spiro atoms. The van der Waals surface area contributed by atoms with Crippen molar-refractivity contribution in [2.24, 2.45) is 5.73 Å². The summed E-state index contributed by atoms with van der Waals surface area (Å²) in [7, 11) is 0. The monoisotopic (exact) mass is 280 g/mol. The number of nitrogens with zero attached hydrogens (tertiary/aromatic N) is 1. The molecule has 0 radical (unpaired) electrons. The van der Waals surface area contributed by atoms with E-state index >= 15 is 0 Å². The maximum Gasteiger partial charge on any atom is 0.119 e. The third kappa shape index (κ3) is 6.89. The van der Waals surface area contributed by atoms with Gasteiger partial charge in [-0.1, -0.05) is 19.1 Å². The standard InChI is InChI=1S/C16H28N2O2/c1-3-18(11-13-19-4-2)10-5-12-20-16-8-6-15(14-17)7-9-16/h6-9H,3-5,10-14,17H2,1-2H3. The number of hydrogen-bond acceptors (Lipinski definition) is 4. The van der Waals surface area contributed by atoms with Crippen LogP contribution in [-0.4, -0.2) is 44.4 Å². The molecule has 0 aliphatic rings. The highest BCUT2D eigenvalue weighted by Crippen LogP contribution is 2.12. The van der Waals surface area contributed by atoms with Gasteiger partial charge in [-0.05, 0) is 37.6 Å². The lowest BCUT2D eigenvalue weighted by atomic mass is 10.2. The average Bonchev–Trinajstić information content (AvgIpc) is 2.50. The highest BCUT2D eigenvalue weighted by Gasteiger charge is 2.02. The van der Waals surface area contributed by atoms with Crippen LogP contribution in [-0.2, 0) is 11.3 Å². The minimum atomic E-state index is 0.575. The van der Waals surface area contributed by atoms with Crippen LogP contribution in [0.5, 0.6) is 5.75 Å². The zero-order chi connectivity index (χ0) is 14.6. The molecule has 0 saturated carbocycles. The Balaban J connectivity index is 2.15. The summed E-state index contributed by atoms with van der Waals surface area (Å²) in [6.07, 6.45) is 1.03. The second kappa shape index (κ2) is 10.7. The van der Waals surface area contributed by atoms with Crippen LogP contribution in [0.1, 0.15) is 25.8 Å². The van der Waals surface area contributed by atoms with Crippen molar-refractivity contribution in [1.29, 1.82) is 0 Å². The van der Waals surface area contributed by atoms with Crippen molar-refractivity contribution in [2.75, 3.05) is 39.5 Å². The van der Waals surface area contributed by atoms with Crippen LogP contribution in [0.3, 0.4) is 0 Å². The summed E-state index contributed by atoms with van der Waals surface area (Å²) in [5.74, 6) is 0.916. The minimum absolute atomic E-state index is 0.575. The van der Waals surface area contributed by atoms with Gasteiger partial charge in [0.25, 0.3) is 0 Å². The van der Waals surface area contributed by atoms with Crippen molar-refractivity contribution in [2.45, 2.75) is 26.8 Å². The second-order valence-electron chi connectivity index (χ2n) is 4.68. The van der Waals surface area contributed by atoms with E-state index in [1.807, 2.05) is 31.2 Å². The number of likely N-dealkylation sites (N-methyl/N-ethyl adjacent to an activating group) is 1. The molecule has 20 heavy (non-hydrogen) atoms. The molecule has 0 aliphatic carbocycles. The van der Waals surface area contributed by atoms with E-state index in [-0.39, 0.29) is 0 Å². The molecule has 0 bridgehead atoms. The molecular weight excluding hydrogens is 252 g/mol. The first kappa shape index (κ1) is 17.0. The molecule has 0 aliphatic heterocycles. The van der Waals surface area contributed by atoms with E-state index < -0.39 is 0 Å². The van der Waals surface area contributed by atoms with E-state index in [1.165, 1.54) is 0 Å². The largest absolute Gasteiger partial charge is 0.494 e. The first-order valence-electron chi connectivity index (χ1n) is 7.52. The van der Waals surface area contributed by atoms with Crippen molar-refractivity contribution in [3.05, 3.63) is 29.8 Å². The van der Waals surface area contributed by atoms with Gasteiger partial charge in [0, 0.05) is 26.2 Å². The van der Waals surface area contributed by atoms with Gasteiger partial charge in [-0.3, -0.25) is 0 Å². The molecule has 1 aromatic carbocycles. The molecule has 0 amide bonds. The fourth-order valence-corrected chi connectivity index (χ4v) is 1.97. The van der Waals surface area contributed by atoms with E-state index in [0.29, 0.717) is 6.54 Å². The lowest BCUT2D eigenvalue weighted by molar-refractivity contribution is 0.112. The van der Waals surface area contributed by atoms with E-state index in [9.17, 15) is 0 Å². The minimum Gasteiger partial charge on any atom is -0.494 e. The summed E-state index contributed by atoms with van der Waals surface area (Å²) in [4.78, 5) is 2.39. The Kier molecular flexibility index (Phi) is 9.04. The Labute approximate surface area is 122 Å². The van der Waals surface area contributed by atoms with Gasteiger partial charge < -0.3 is 20.1 Å². The first-order valence-corrected chi connectivity index (χ1v) is 7.52. The van der Waals surface area contributed by atoms with Crippen molar-refractivity contribution in [1.82, 2.24) is 4.90 Å². The van der Waals surface area contributed by atoms with Crippen LogP contribution in [0.2, 0.25) is 0 Å². The van der Waals surface area contributed by atoms with Gasteiger partial charge in [-0.15, -0.1) is 0 Å². The van der Waals surface area contributed by atoms with Crippen LogP contribution in [0.4, 0.5) is 0 Å². The maximum absolute atomic E-state index is 5.73. The molecule has 0 atom stereocenters. The Morgan fingerprint density at radius 2 is 1.80 bits per heavy atom. The van der Waals surface area contributed by atoms with Crippen LogP contribution >= 0.6 is 0 Å². The molecule has 0 saturated heterocycles. The zero-order valence-electron chi connectivity index (χ0n) is 12.8. The highest BCUT2D eigenvalue weighted by molar-refractivity contribution is 5.26. The van der Waals surface area contributed by atoms with Gasteiger partial charge >= 0.3 is 0 Å². The molecule has 0 aromatic heterocycles. The van der Waals surface area contributed by atoms with E-state index in [2.05, 4.69) is 11.8 Å². The summed E-state index contributed by atoms with van der Waals surface area (Å²) >= 11 is 0. The van der Waals surface area contributed by atoms with Gasteiger partial charge in [-0.25, -0.2) is 0 Å². The molecule has 1 aromatic rings. The topological polar surface area (TPSA) is 47.7 Å². The first-order chi connectivity index (χ1) is 9.80. The summed E-state index contributed by atoms with van der Waals surface area (Å²) in [5.41, 5.74) is 6.69. The summed E-state index contributed by atoms with van der Waals surface area (Å²) in [6.45, 7) is 10.2. The molecule has 4 nitrogen and oxygen atoms in total. The van der Waals surface area contributed by atoms with Gasteiger partial charge in [0.05, 0.1) is 13.2 Å². The Bertz CT molecular complexity index is 341. The molecule has 0 unspecified atom stereocenters. The van der Waals surface area contributed by atoms with Crippen molar-refractivity contribution in [3.63, 3.8) is 0 Å². The number of rotatable bonds is 11. The van der Waals surface area contributed by atoms with Crippen LogP contribution in [0, 0.1) is 0 Å². The van der Waals surface area contributed by atoms with Gasteiger partial charge in [0.2, 0.25) is 0 Å². The normalized spacial score (nSPS) is 11.0. The Morgan fingerprint density at radius 3 is 2.40 bits per heavy atom. The molecule has 114 valence electrons. The quantitative estimate of drug-likeness (QED) is 0.632. The molecule has 1 rings (SSSR count). The number of benzene rings is 1. The SMILES string of the molecule is CCOCCN(CC)CCCOc1ccc(CN)cc1. The van der Waals surface area contributed by atoms with Crippen LogP contribution < -0.4 is 10.5 Å². The highest BCUT2D eigenvalue weighted by atomic mass is 16.5. The van der Waals surface area contributed by atoms with E-state index in [0.717, 1.165) is 57.2 Å². The number of ether oxygens (including phenoxy) is 2. The second-order valence-corrected chi connectivity index (χ2v) is 4.68. The molecule has 0 heterocycles. The van der Waals surface area contributed by atoms with Crippen molar-refractivity contribution in [3.8, 4) is 5.75 Å². The smallest absolute Gasteiger partial charge is 0.119 e. The maximum atomic E-state index is 5.73. The van der Waals surface area contributed by atoms with Gasteiger partial charge in [-0.2, -0.15) is 0 Å². The van der Waals surface area contributed by atoms with E-state index in [4.69, 9.17) is 15.2 Å². The third-order valence-corrected chi connectivity index (χ3v) is 3.25. The zero-order valence-corrected chi connectivity index (χ0v) is 12.8. The summed E-state index contributed by atoms with van der Waals surface area (Å²) in [5, 5.41) is 0. The Morgan fingerprint density at radius 1 is 1.05 bits per heavy atom. The molecule has 0 fully saturated rings. The van der Waals surface area contributed by atoms with E-state index in [1.54, 1.807) is 0 Å². The third-order valence-electron chi connectivity index (χ3n) is 3.25. The summed E-state index contributed by atoms with van der Waals surface area (Å²) < 4.78 is 11.1. The summed E-state index contributed by atoms with van der Waals surface area (Å²) in [6, 6.07) is 7.98. The number of hydrogen-bond donors (Lipinski definition) is 1. The fourth-order valence-electron chi connectivity index (χ4n) is 1.97. The van der Waals surface area contributed by atoms with Crippen molar-refractivity contribution >= 4 is 0 Å². The lowest BCUT2D eigenvalue weighted by Crippen LogP contribution is -2.29. The van der Waals surface area contributed by atoms with Crippen molar-refractivity contribution < 1.29 is 9.47 Å².